The van der Waals surface area contributed by atoms with E-state index in [2.05, 4.69) is 16.0 Å². The fourth-order valence-electron chi connectivity index (χ4n) is 3.46. The summed E-state index contributed by atoms with van der Waals surface area (Å²) in [5, 5.41) is 17.9. The van der Waals surface area contributed by atoms with Gasteiger partial charge in [-0.3, -0.25) is 19.7 Å². The van der Waals surface area contributed by atoms with Crippen LogP contribution in [0.1, 0.15) is 44.7 Å². The molecule has 0 aromatic heterocycles. The molecule has 0 fully saturated rings. The molecule has 2 aromatic carbocycles. The van der Waals surface area contributed by atoms with Crippen molar-refractivity contribution < 1.29 is 19.5 Å². The van der Waals surface area contributed by atoms with Crippen LogP contribution in [0, 0.1) is 12.8 Å². The van der Waals surface area contributed by atoms with E-state index in [4.69, 9.17) is 0 Å². The maximum absolute atomic E-state index is 13.2. The Hall–Kier alpha value is -3.19. The molecule has 178 valence electrons. The van der Waals surface area contributed by atoms with Gasteiger partial charge in [0.2, 0.25) is 11.8 Å². The van der Waals surface area contributed by atoms with Gasteiger partial charge >= 0.3 is 5.97 Å². The van der Waals surface area contributed by atoms with Gasteiger partial charge in [-0.25, -0.2) is 0 Å². The summed E-state index contributed by atoms with van der Waals surface area (Å²) >= 11 is 0. The van der Waals surface area contributed by atoms with Crippen molar-refractivity contribution in [1.82, 2.24) is 10.6 Å². The molecule has 3 atom stereocenters. The molecule has 0 heterocycles. The van der Waals surface area contributed by atoms with Crippen LogP contribution < -0.4 is 16.0 Å². The smallest absolute Gasteiger partial charge is 0.320 e. The predicted octanol–water partition coefficient (Wildman–Crippen LogP) is 3.53. The van der Waals surface area contributed by atoms with Crippen LogP contribution in [0.15, 0.2) is 54.6 Å². The number of benzene rings is 2. The first-order valence-electron chi connectivity index (χ1n) is 11.4. The molecule has 7 nitrogen and oxygen atoms in total. The van der Waals surface area contributed by atoms with Crippen molar-refractivity contribution in [2.24, 2.45) is 5.92 Å². The zero-order valence-electron chi connectivity index (χ0n) is 19.8. The summed E-state index contributed by atoms with van der Waals surface area (Å²) in [6, 6.07) is 14.7. The number of aliphatic carboxylic acids is 1. The third-order valence-corrected chi connectivity index (χ3v) is 5.36. The standard InChI is InChI=1S/C26H35N3O4/c1-17(2)16-23(25(31)28-21-8-6-5-7-9-21)29-24(30)22(27-19(4)26(32)33)15-14-20-12-10-18(3)11-13-20/h5-13,17,19,22-23,27H,14-16H2,1-4H3,(H,28,31)(H,29,30)(H,32,33). The minimum absolute atomic E-state index is 0.175. The number of carbonyl (C=O) groups is 3. The number of anilines is 1. The third kappa shape index (κ3) is 9.06. The van der Waals surface area contributed by atoms with E-state index in [9.17, 15) is 19.5 Å². The molecule has 0 spiro atoms. The molecule has 2 rings (SSSR count). The first kappa shape index (κ1) is 26.1. The number of nitrogens with one attached hydrogen (secondary N) is 3. The number of rotatable bonds is 12. The molecule has 3 unspecified atom stereocenters. The lowest BCUT2D eigenvalue weighted by molar-refractivity contribution is -0.139. The van der Waals surface area contributed by atoms with Gasteiger partial charge in [0.25, 0.3) is 0 Å². The van der Waals surface area contributed by atoms with Crippen LogP contribution >= 0.6 is 0 Å². The minimum Gasteiger partial charge on any atom is -0.480 e. The number of aryl methyl sites for hydroxylation is 2. The van der Waals surface area contributed by atoms with Crippen molar-refractivity contribution >= 4 is 23.5 Å². The summed E-state index contributed by atoms with van der Waals surface area (Å²) in [5.74, 6) is -1.55. The van der Waals surface area contributed by atoms with Crippen LogP contribution in [-0.4, -0.2) is 41.0 Å². The summed E-state index contributed by atoms with van der Waals surface area (Å²) in [6.07, 6.45) is 1.47. The average Bonchev–Trinajstić information content (AvgIpc) is 2.77. The largest absolute Gasteiger partial charge is 0.480 e. The Morgan fingerprint density at radius 2 is 1.52 bits per heavy atom. The first-order valence-corrected chi connectivity index (χ1v) is 11.4. The number of carboxylic acid groups (broad SMARTS) is 1. The normalized spacial score (nSPS) is 13.7. The van der Waals surface area contributed by atoms with Gasteiger partial charge < -0.3 is 15.7 Å². The molecule has 4 N–H and O–H groups in total. The van der Waals surface area contributed by atoms with Crippen LogP contribution in [0.4, 0.5) is 5.69 Å². The Bertz CT molecular complexity index is 913. The molecule has 0 aliphatic heterocycles. The van der Waals surface area contributed by atoms with E-state index >= 15 is 0 Å². The van der Waals surface area contributed by atoms with Crippen LogP contribution in [0.5, 0.6) is 0 Å². The summed E-state index contributed by atoms with van der Waals surface area (Å²) in [5.41, 5.74) is 2.86. The van der Waals surface area contributed by atoms with Crippen molar-refractivity contribution in [3.8, 4) is 0 Å². The monoisotopic (exact) mass is 453 g/mol. The Morgan fingerprint density at radius 3 is 2.09 bits per heavy atom. The molecule has 0 aliphatic rings. The van der Waals surface area contributed by atoms with E-state index in [1.807, 2.05) is 63.2 Å². The Morgan fingerprint density at radius 1 is 0.879 bits per heavy atom. The quantitative estimate of drug-likeness (QED) is 0.393. The molecule has 0 bridgehead atoms. The van der Waals surface area contributed by atoms with Crippen molar-refractivity contribution in [2.45, 2.75) is 65.1 Å². The van der Waals surface area contributed by atoms with E-state index in [1.165, 1.54) is 6.92 Å². The summed E-state index contributed by atoms with van der Waals surface area (Å²) in [7, 11) is 0. The van der Waals surface area contributed by atoms with Gasteiger partial charge in [0.05, 0.1) is 6.04 Å². The van der Waals surface area contributed by atoms with E-state index in [-0.39, 0.29) is 17.7 Å². The lowest BCUT2D eigenvalue weighted by atomic mass is 10.00. The number of para-hydroxylation sites is 1. The fourth-order valence-corrected chi connectivity index (χ4v) is 3.46. The van der Waals surface area contributed by atoms with Gasteiger partial charge in [-0.05, 0) is 56.7 Å². The van der Waals surface area contributed by atoms with Crippen molar-refractivity contribution in [1.29, 1.82) is 0 Å². The zero-order chi connectivity index (χ0) is 24.4. The van der Waals surface area contributed by atoms with Crippen LogP contribution in [0.2, 0.25) is 0 Å². The van der Waals surface area contributed by atoms with Crippen molar-refractivity contribution in [2.75, 3.05) is 5.32 Å². The van der Waals surface area contributed by atoms with Crippen LogP contribution in [0.3, 0.4) is 0 Å². The number of carboxylic acids is 1. The highest BCUT2D eigenvalue weighted by atomic mass is 16.4. The molecule has 0 saturated carbocycles. The predicted molar refractivity (Wildman–Crippen MR) is 130 cm³/mol. The topological polar surface area (TPSA) is 108 Å². The van der Waals surface area contributed by atoms with E-state index in [0.717, 1.165) is 11.1 Å². The molecule has 7 heteroatoms. The van der Waals surface area contributed by atoms with E-state index in [0.29, 0.717) is 24.9 Å². The maximum atomic E-state index is 13.2. The van der Waals surface area contributed by atoms with Gasteiger partial charge in [-0.2, -0.15) is 0 Å². The SMILES string of the molecule is Cc1ccc(CCC(NC(C)C(=O)O)C(=O)NC(CC(C)C)C(=O)Nc2ccccc2)cc1. The van der Waals surface area contributed by atoms with Crippen molar-refractivity contribution in [3.63, 3.8) is 0 Å². The second-order valence-electron chi connectivity index (χ2n) is 8.85. The molecule has 33 heavy (non-hydrogen) atoms. The van der Waals surface area contributed by atoms with Gasteiger partial charge in [-0.1, -0.05) is 61.9 Å². The summed E-state index contributed by atoms with van der Waals surface area (Å²) in [6.45, 7) is 7.47. The lowest BCUT2D eigenvalue weighted by Gasteiger charge is -2.25. The number of amides is 2. The highest BCUT2D eigenvalue weighted by Gasteiger charge is 2.28. The molecule has 0 aliphatic carbocycles. The van der Waals surface area contributed by atoms with E-state index < -0.39 is 24.1 Å². The molecule has 0 radical (unpaired) electrons. The van der Waals surface area contributed by atoms with E-state index in [1.54, 1.807) is 12.1 Å². The molecule has 0 saturated heterocycles. The van der Waals surface area contributed by atoms with Crippen LogP contribution in [0.25, 0.3) is 0 Å². The Labute approximate surface area is 196 Å². The highest BCUT2D eigenvalue weighted by molar-refractivity contribution is 5.97. The Balaban J connectivity index is 2.12. The zero-order valence-corrected chi connectivity index (χ0v) is 19.8. The number of hydrogen-bond acceptors (Lipinski definition) is 4. The molecular formula is C26H35N3O4. The van der Waals surface area contributed by atoms with Gasteiger partial charge in [0, 0.05) is 5.69 Å². The lowest BCUT2D eigenvalue weighted by Crippen LogP contribution is -2.54. The molecule has 2 amide bonds. The highest BCUT2D eigenvalue weighted by Crippen LogP contribution is 2.12. The first-order chi connectivity index (χ1) is 15.7. The van der Waals surface area contributed by atoms with Gasteiger partial charge in [0.1, 0.15) is 12.1 Å². The summed E-state index contributed by atoms with van der Waals surface area (Å²) in [4.78, 5) is 37.5. The third-order valence-electron chi connectivity index (χ3n) is 5.36. The minimum atomic E-state index is -1.04. The average molecular weight is 454 g/mol. The summed E-state index contributed by atoms with van der Waals surface area (Å²) < 4.78 is 0. The molecule has 2 aromatic rings. The second-order valence-corrected chi connectivity index (χ2v) is 8.85. The maximum Gasteiger partial charge on any atom is 0.320 e. The molecular weight excluding hydrogens is 418 g/mol. The number of carbonyl (C=O) groups excluding carboxylic acids is 2. The Kier molecular flexibility index (Phi) is 10.1. The number of hydrogen-bond donors (Lipinski definition) is 4. The van der Waals surface area contributed by atoms with Gasteiger partial charge in [-0.15, -0.1) is 0 Å². The van der Waals surface area contributed by atoms with Gasteiger partial charge in [0.15, 0.2) is 0 Å². The van der Waals surface area contributed by atoms with Crippen molar-refractivity contribution in [3.05, 3.63) is 65.7 Å². The second kappa shape index (κ2) is 12.7. The fraction of sp³-hybridized carbons (Fsp3) is 0.423. The van der Waals surface area contributed by atoms with Crippen LogP contribution in [-0.2, 0) is 20.8 Å².